The SMILES string of the molecule is CC1CCC(C(O)C(O)C2CCC(C3CCC(C)C(F)C3F)CC2)CC1. The molecule has 0 aliphatic heterocycles. The molecule has 4 heteroatoms. The van der Waals surface area contributed by atoms with E-state index >= 15 is 0 Å². The van der Waals surface area contributed by atoms with E-state index in [-0.39, 0.29) is 29.6 Å². The molecule has 0 spiro atoms. The summed E-state index contributed by atoms with van der Waals surface area (Å²) in [4.78, 5) is 0. The Bertz CT molecular complexity index is 430. The van der Waals surface area contributed by atoms with Crippen molar-refractivity contribution >= 4 is 0 Å². The van der Waals surface area contributed by atoms with Crippen LogP contribution < -0.4 is 0 Å². The largest absolute Gasteiger partial charge is 0.390 e. The zero-order valence-corrected chi connectivity index (χ0v) is 16.5. The number of alkyl halides is 2. The van der Waals surface area contributed by atoms with E-state index in [9.17, 15) is 19.0 Å². The fourth-order valence-corrected chi connectivity index (χ4v) is 5.92. The van der Waals surface area contributed by atoms with Crippen molar-refractivity contribution in [3.05, 3.63) is 0 Å². The predicted molar refractivity (Wildman–Crippen MR) is 100 cm³/mol. The molecule has 26 heavy (non-hydrogen) atoms. The molecule has 0 bridgehead atoms. The van der Waals surface area contributed by atoms with Gasteiger partial charge in [0.2, 0.25) is 0 Å². The first kappa shape index (κ1) is 20.5. The summed E-state index contributed by atoms with van der Waals surface area (Å²) in [5, 5.41) is 21.3. The molecule has 0 saturated heterocycles. The fourth-order valence-electron chi connectivity index (χ4n) is 5.92. The number of halogens is 2. The minimum atomic E-state index is -1.32. The molecule has 3 aliphatic rings. The summed E-state index contributed by atoms with van der Waals surface area (Å²) >= 11 is 0. The van der Waals surface area contributed by atoms with Crippen molar-refractivity contribution in [2.45, 2.75) is 103 Å². The summed E-state index contributed by atoms with van der Waals surface area (Å²) in [6.07, 6.45) is 5.37. The molecule has 0 amide bonds. The van der Waals surface area contributed by atoms with E-state index in [2.05, 4.69) is 6.92 Å². The van der Waals surface area contributed by atoms with Crippen LogP contribution in [0.25, 0.3) is 0 Å². The monoisotopic (exact) mass is 372 g/mol. The van der Waals surface area contributed by atoms with Gasteiger partial charge in [-0.15, -0.1) is 0 Å². The van der Waals surface area contributed by atoms with Crippen molar-refractivity contribution in [2.24, 2.45) is 35.5 Å². The normalized spacial score (nSPS) is 47.3. The molecular weight excluding hydrogens is 334 g/mol. The molecule has 3 aliphatic carbocycles. The van der Waals surface area contributed by atoms with Crippen molar-refractivity contribution in [2.75, 3.05) is 0 Å². The lowest BCUT2D eigenvalue weighted by molar-refractivity contribution is -0.0734. The molecule has 152 valence electrons. The van der Waals surface area contributed by atoms with Gasteiger partial charge in [-0.1, -0.05) is 26.7 Å². The third kappa shape index (κ3) is 4.43. The molecule has 0 aromatic rings. The van der Waals surface area contributed by atoms with Crippen LogP contribution >= 0.6 is 0 Å². The van der Waals surface area contributed by atoms with Crippen LogP contribution in [0.2, 0.25) is 0 Å². The molecule has 6 unspecified atom stereocenters. The van der Waals surface area contributed by atoms with Crippen molar-refractivity contribution < 1.29 is 19.0 Å². The van der Waals surface area contributed by atoms with Gasteiger partial charge in [0.15, 0.2) is 0 Å². The molecular formula is C22H38F2O2. The molecule has 0 aromatic carbocycles. The van der Waals surface area contributed by atoms with Gasteiger partial charge in [-0.05, 0) is 86.9 Å². The molecule has 3 saturated carbocycles. The average Bonchev–Trinajstić information content (AvgIpc) is 2.66. The first-order valence-corrected chi connectivity index (χ1v) is 11.0. The van der Waals surface area contributed by atoms with Crippen LogP contribution in [0.15, 0.2) is 0 Å². The van der Waals surface area contributed by atoms with E-state index in [1.165, 1.54) is 0 Å². The maximum absolute atomic E-state index is 14.5. The maximum Gasteiger partial charge on any atom is 0.134 e. The number of hydrogen-bond acceptors (Lipinski definition) is 2. The van der Waals surface area contributed by atoms with Crippen molar-refractivity contribution in [3.63, 3.8) is 0 Å². The highest BCUT2D eigenvalue weighted by Gasteiger charge is 2.43. The Kier molecular flexibility index (Phi) is 6.99. The van der Waals surface area contributed by atoms with E-state index in [4.69, 9.17) is 0 Å². The first-order chi connectivity index (χ1) is 12.4. The zero-order chi connectivity index (χ0) is 18.8. The fraction of sp³-hybridized carbons (Fsp3) is 1.00. The third-order valence-corrected chi connectivity index (χ3v) is 8.01. The molecule has 6 atom stereocenters. The average molecular weight is 373 g/mol. The summed E-state index contributed by atoms with van der Waals surface area (Å²) in [6.45, 7) is 4.07. The van der Waals surface area contributed by atoms with Crippen LogP contribution in [0.3, 0.4) is 0 Å². The quantitative estimate of drug-likeness (QED) is 0.724. The lowest BCUT2D eigenvalue weighted by atomic mass is 9.66. The second kappa shape index (κ2) is 8.86. The minimum Gasteiger partial charge on any atom is -0.390 e. The van der Waals surface area contributed by atoms with E-state index in [1.54, 1.807) is 0 Å². The molecule has 3 rings (SSSR count). The topological polar surface area (TPSA) is 40.5 Å². The summed E-state index contributed by atoms with van der Waals surface area (Å²) < 4.78 is 28.5. The van der Waals surface area contributed by atoms with Gasteiger partial charge in [0.1, 0.15) is 12.3 Å². The van der Waals surface area contributed by atoms with Gasteiger partial charge in [-0.2, -0.15) is 0 Å². The lowest BCUT2D eigenvalue weighted by Crippen LogP contribution is -2.44. The highest BCUT2D eigenvalue weighted by atomic mass is 19.2. The summed E-state index contributed by atoms with van der Waals surface area (Å²) in [6, 6.07) is 0. The highest BCUT2D eigenvalue weighted by Crippen LogP contribution is 2.45. The van der Waals surface area contributed by atoms with E-state index in [1.807, 2.05) is 6.92 Å². The third-order valence-electron chi connectivity index (χ3n) is 8.01. The van der Waals surface area contributed by atoms with Crippen molar-refractivity contribution in [1.82, 2.24) is 0 Å². The van der Waals surface area contributed by atoms with Crippen molar-refractivity contribution in [3.8, 4) is 0 Å². The molecule has 2 N–H and O–H groups in total. The van der Waals surface area contributed by atoms with Crippen LogP contribution in [-0.4, -0.2) is 34.8 Å². The van der Waals surface area contributed by atoms with Gasteiger partial charge in [-0.25, -0.2) is 8.78 Å². The number of hydrogen-bond donors (Lipinski definition) is 2. The maximum atomic E-state index is 14.5. The van der Waals surface area contributed by atoms with Crippen LogP contribution in [0.4, 0.5) is 8.78 Å². The molecule has 0 radical (unpaired) electrons. The van der Waals surface area contributed by atoms with Crippen molar-refractivity contribution in [1.29, 1.82) is 0 Å². The summed E-state index contributed by atoms with van der Waals surface area (Å²) in [5.41, 5.74) is 0. The second-order valence-electron chi connectivity index (χ2n) is 9.78. The van der Waals surface area contributed by atoms with E-state index < -0.39 is 24.6 Å². The Morgan fingerprint density at radius 3 is 1.69 bits per heavy atom. The smallest absolute Gasteiger partial charge is 0.134 e. The predicted octanol–water partition coefficient (Wildman–Crippen LogP) is 5.06. The number of aliphatic hydroxyl groups is 2. The molecule has 0 heterocycles. The minimum absolute atomic E-state index is 0.113. The number of rotatable bonds is 4. The van der Waals surface area contributed by atoms with Crippen LogP contribution in [0.1, 0.15) is 78.1 Å². The number of aliphatic hydroxyl groups excluding tert-OH is 2. The van der Waals surface area contributed by atoms with Gasteiger partial charge in [0.25, 0.3) is 0 Å². The van der Waals surface area contributed by atoms with E-state index in [0.29, 0.717) is 0 Å². The van der Waals surface area contributed by atoms with Gasteiger partial charge in [0, 0.05) is 0 Å². The molecule has 3 fully saturated rings. The first-order valence-electron chi connectivity index (χ1n) is 11.0. The lowest BCUT2D eigenvalue weighted by Gasteiger charge is -2.42. The standard InChI is InChI=1S/C22H38F2O2/c1-13-3-6-16(7-4-13)21(25)22(26)17-10-8-15(9-11-17)18-12-5-14(2)19(23)20(18)24/h13-22,25-26H,3-12H2,1-2H3. The summed E-state index contributed by atoms with van der Waals surface area (Å²) in [5.74, 6) is 1.00. The van der Waals surface area contributed by atoms with Gasteiger partial charge >= 0.3 is 0 Å². The van der Waals surface area contributed by atoms with Crippen LogP contribution in [0, 0.1) is 35.5 Å². The van der Waals surface area contributed by atoms with Gasteiger partial charge < -0.3 is 10.2 Å². The Morgan fingerprint density at radius 1 is 0.654 bits per heavy atom. The Hall–Kier alpha value is -0.220. The summed E-state index contributed by atoms with van der Waals surface area (Å²) in [7, 11) is 0. The zero-order valence-electron chi connectivity index (χ0n) is 16.5. The van der Waals surface area contributed by atoms with Gasteiger partial charge in [0.05, 0.1) is 12.2 Å². The van der Waals surface area contributed by atoms with E-state index in [0.717, 1.165) is 70.1 Å². The highest BCUT2D eigenvalue weighted by molar-refractivity contribution is 4.93. The second-order valence-corrected chi connectivity index (χ2v) is 9.78. The molecule has 2 nitrogen and oxygen atoms in total. The van der Waals surface area contributed by atoms with Crippen LogP contribution in [-0.2, 0) is 0 Å². The Balaban J connectivity index is 1.48. The van der Waals surface area contributed by atoms with Crippen LogP contribution in [0.5, 0.6) is 0 Å². The Labute approximate surface area is 157 Å². The van der Waals surface area contributed by atoms with Gasteiger partial charge in [-0.3, -0.25) is 0 Å². The Morgan fingerprint density at radius 2 is 1.15 bits per heavy atom. The molecule has 0 aromatic heterocycles.